The number of methoxy groups -OCH3 is 1. The Morgan fingerprint density at radius 2 is 1.65 bits per heavy atom. The van der Waals surface area contributed by atoms with Gasteiger partial charge in [-0.1, -0.05) is 32.3 Å². The largest absolute Gasteiger partial charge is 0.497 e. The first-order valence-electron chi connectivity index (χ1n) is 12.3. The number of benzene rings is 2. The summed E-state index contributed by atoms with van der Waals surface area (Å²) >= 11 is 0. The van der Waals surface area contributed by atoms with Gasteiger partial charge >= 0.3 is 0 Å². The molecule has 7 nitrogen and oxygen atoms in total. The molecule has 2 aromatic rings. The monoisotopic (exact) mass is 465 g/mol. The second kappa shape index (κ2) is 11.4. The van der Waals surface area contributed by atoms with Crippen molar-refractivity contribution in [3.05, 3.63) is 48.5 Å². The SMILES string of the molecule is CCCCCCOc1ccc(N2C(=O)CC(N3CCN(c4cccc(OC)c4)CC3)C2=O)cc1. The number of imide groups is 1. The van der Waals surface area contributed by atoms with Gasteiger partial charge in [0.1, 0.15) is 11.5 Å². The molecule has 34 heavy (non-hydrogen) atoms. The Bertz CT molecular complexity index is 970. The zero-order chi connectivity index (χ0) is 23.9. The average molecular weight is 466 g/mol. The van der Waals surface area contributed by atoms with E-state index in [-0.39, 0.29) is 18.2 Å². The molecule has 1 unspecified atom stereocenters. The molecule has 0 radical (unpaired) electrons. The van der Waals surface area contributed by atoms with E-state index in [1.807, 2.05) is 30.3 Å². The van der Waals surface area contributed by atoms with E-state index in [4.69, 9.17) is 9.47 Å². The predicted molar refractivity (Wildman–Crippen MR) is 134 cm³/mol. The first-order valence-corrected chi connectivity index (χ1v) is 12.3. The van der Waals surface area contributed by atoms with Crippen molar-refractivity contribution < 1.29 is 19.1 Å². The van der Waals surface area contributed by atoms with E-state index in [9.17, 15) is 9.59 Å². The van der Waals surface area contributed by atoms with E-state index in [0.717, 1.165) is 49.8 Å². The highest BCUT2D eigenvalue weighted by Gasteiger charge is 2.43. The summed E-state index contributed by atoms with van der Waals surface area (Å²) in [4.78, 5) is 31.8. The first kappa shape index (κ1) is 24.1. The van der Waals surface area contributed by atoms with Crippen molar-refractivity contribution >= 4 is 23.2 Å². The van der Waals surface area contributed by atoms with E-state index in [2.05, 4.69) is 22.8 Å². The Morgan fingerprint density at radius 1 is 0.882 bits per heavy atom. The zero-order valence-electron chi connectivity index (χ0n) is 20.2. The lowest BCUT2D eigenvalue weighted by molar-refractivity contribution is -0.123. The van der Waals surface area contributed by atoms with Crippen molar-refractivity contribution in [1.29, 1.82) is 0 Å². The van der Waals surface area contributed by atoms with Crippen molar-refractivity contribution in [2.75, 3.05) is 49.7 Å². The van der Waals surface area contributed by atoms with Crippen LogP contribution < -0.4 is 19.3 Å². The maximum atomic E-state index is 13.2. The fraction of sp³-hybridized carbons (Fsp3) is 0.481. The number of rotatable bonds is 10. The zero-order valence-corrected chi connectivity index (χ0v) is 20.2. The molecule has 0 bridgehead atoms. The summed E-state index contributed by atoms with van der Waals surface area (Å²) in [6.07, 6.45) is 4.85. The topological polar surface area (TPSA) is 62.3 Å². The van der Waals surface area contributed by atoms with E-state index in [1.54, 1.807) is 19.2 Å². The summed E-state index contributed by atoms with van der Waals surface area (Å²) in [5.41, 5.74) is 1.73. The molecule has 2 amide bonds. The first-order chi connectivity index (χ1) is 16.6. The minimum Gasteiger partial charge on any atom is -0.497 e. The third-order valence-electron chi connectivity index (χ3n) is 6.66. The Labute approximate surface area is 202 Å². The quantitative estimate of drug-likeness (QED) is 0.389. The van der Waals surface area contributed by atoms with Crippen LogP contribution in [0.2, 0.25) is 0 Å². The standard InChI is InChI=1S/C27H35N3O4/c1-3-4-5-6-18-34-23-12-10-21(11-13-23)30-26(31)20-25(27(30)32)29-16-14-28(15-17-29)22-8-7-9-24(19-22)33-2/h7-13,19,25H,3-6,14-18,20H2,1-2H3. The molecule has 0 saturated carbocycles. The maximum absolute atomic E-state index is 13.2. The van der Waals surface area contributed by atoms with Crippen LogP contribution in [0.25, 0.3) is 0 Å². The number of ether oxygens (including phenoxy) is 2. The number of hydrogen-bond donors (Lipinski definition) is 0. The molecule has 2 aliphatic heterocycles. The van der Waals surface area contributed by atoms with Gasteiger partial charge in [-0.2, -0.15) is 0 Å². The van der Waals surface area contributed by atoms with Gasteiger partial charge in [0.25, 0.3) is 5.91 Å². The van der Waals surface area contributed by atoms with Crippen LogP contribution in [0.4, 0.5) is 11.4 Å². The van der Waals surface area contributed by atoms with Gasteiger partial charge in [0.2, 0.25) is 5.91 Å². The summed E-state index contributed by atoms with van der Waals surface area (Å²) in [6, 6.07) is 14.9. The molecule has 2 saturated heterocycles. The van der Waals surface area contributed by atoms with Crippen molar-refractivity contribution in [1.82, 2.24) is 4.90 Å². The number of carbonyl (C=O) groups excluding carboxylic acids is 2. The maximum Gasteiger partial charge on any atom is 0.251 e. The van der Waals surface area contributed by atoms with Gasteiger partial charge in [-0.05, 0) is 42.8 Å². The van der Waals surface area contributed by atoms with E-state index in [1.165, 1.54) is 24.2 Å². The molecule has 0 spiro atoms. The molecule has 182 valence electrons. The van der Waals surface area contributed by atoms with Gasteiger partial charge in [-0.15, -0.1) is 0 Å². The minimum atomic E-state index is -0.394. The molecule has 1 atom stereocenters. The van der Waals surface area contributed by atoms with Gasteiger partial charge in [-0.3, -0.25) is 14.5 Å². The lowest BCUT2D eigenvalue weighted by Crippen LogP contribution is -2.52. The Hall–Kier alpha value is -3.06. The predicted octanol–water partition coefficient (Wildman–Crippen LogP) is 4.11. The summed E-state index contributed by atoms with van der Waals surface area (Å²) in [5.74, 6) is 1.33. The Kier molecular flexibility index (Phi) is 8.06. The highest BCUT2D eigenvalue weighted by molar-refractivity contribution is 6.22. The van der Waals surface area contributed by atoms with Crippen LogP contribution >= 0.6 is 0 Å². The summed E-state index contributed by atoms with van der Waals surface area (Å²) < 4.78 is 11.1. The van der Waals surface area contributed by atoms with Crippen molar-refractivity contribution in [3.8, 4) is 11.5 Å². The molecule has 0 aliphatic carbocycles. The van der Waals surface area contributed by atoms with Gasteiger partial charge in [0.05, 0.1) is 31.9 Å². The molecule has 4 rings (SSSR count). The second-order valence-electron chi connectivity index (χ2n) is 8.91. The summed E-state index contributed by atoms with van der Waals surface area (Å²) in [7, 11) is 1.67. The van der Waals surface area contributed by atoms with Crippen molar-refractivity contribution in [3.63, 3.8) is 0 Å². The average Bonchev–Trinajstić information content (AvgIpc) is 3.18. The van der Waals surface area contributed by atoms with Crippen LogP contribution in [0.3, 0.4) is 0 Å². The lowest BCUT2D eigenvalue weighted by Gasteiger charge is -2.38. The molecule has 2 aromatic carbocycles. The highest BCUT2D eigenvalue weighted by atomic mass is 16.5. The molecular weight excluding hydrogens is 430 g/mol. The summed E-state index contributed by atoms with van der Waals surface area (Å²) in [6.45, 7) is 5.95. The summed E-state index contributed by atoms with van der Waals surface area (Å²) in [5, 5.41) is 0. The van der Waals surface area contributed by atoms with Gasteiger partial charge < -0.3 is 14.4 Å². The van der Waals surface area contributed by atoms with E-state index >= 15 is 0 Å². The number of anilines is 2. The van der Waals surface area contributed by atoms with Crippen LogP contribution in [0.15, 0.2) is 48.5 Å². The highest BCUT2D eigenvalue weighted by Crippen LogP contribution is 2.29. The lowest BCUT2D eigenvalue weighted by atomic mass is 10.1. The molecule has 7 heteroatoms. The van der Waals surface area contributed by atoms with Crippen LogP contribution in [0.1, 0.15) is 39.0 Å². The molecule has 0 aromatic heterocycles. The van der Waals surface area contributed by atoms with Crippen LogP contribution in [0.5, 0.6) is 11.5 Å². The molecule has 0 N–H and O–H groups in total. The third kappa shape index (κ3) is 5.53. The smallest absolute Gasteiger partial charge is 0.251 e. The van der Waals surface area contributed by atoms with E-state index in [0.29, 0.717) is 12.3 Å². The number of hydrogen-bond acceptors (Lipinski definition) is 6. The van der Waals surface area contributed by atoms with Crippen LogP contribution in [-0.2, 0) is 9.59 Å². The Balaban J connectivity index is 1.32. The number of nitrogens with zero attached hydrogens (tertiary/aromatic N) is 3. The number of piperazine rings is 1. The molecular formula is C27H35N3O4. The minimum absolute atomic E-state index is 0.131. The van der Waals surface area contributed by atoms with Gasteiger partial charge in [-0.25, -0.2) is 4.90 Å². The molecule has 2 aliphatic rings. The van der Waals surface area contributed by atoms with E-state index < -0.39 is 6.04 Å². The number of unbranched alkanes of at least 4 members (excludes halogenated alkanes) is 3. The fourth-order valence-electron chi connectivity index (χ4n) is 4.68. The number of amides is 2. The molecule has 2 heterocycles. The van der Waals surface area contributed by atoms with Gasteiger partial charge in [0.15, 0.2) is 0 Å². The van der Waals surface area contributed by atoms with Crippen molar-refractivity contribution in [2.24, 2.45) is 0 Å². The molecule has 2 fully saturated rings. The second-order valence-corrected chi connectivity index (χ2v) is 8.91. The third-order valence-corrected chi connectivity index (χ3v) is 6.66. The van der Waals surface area contributed by atoms with Crippen molar-refractivity contribution in [2.45, 2.75) is 45.1 Å². The fourth-order valence-corrected chi connectivity index (χ4v) is 4.68. The normalized spacial score (nSPS) is 19.1. The number of carbonyl (C=O) groups is 2. The van der Waals surface area contributed by atoms with Crippen LogP contribution in [-0.4, -0.2) is 62.7 Å². The Morgan fingerprint density at radius 3 is 2.35 bits per heavy atom. The van der Waals surface area contributed by atoms with Crippen LogP contribution in [0, 0.1) is 0 Å². The van der Waals surface area contributed by atoms with Gasteiger partial charge in [0, 0.05) is 37.9 Å².